The van der Waals surface area contributed by atoms with Crippen LogP contribution >= 0.6 is 23.1 Å². The van der Waals surface area contributed by atoms with E-state index in [1.165, 1.54) is 24.4 Å². The first-order chi connectivity index (χ1) is 14.5. The van der Waals surface area contributed by atoms with Crippen molar-refractivity contribution < 1.29 is 14.9 Å². The molecule has 4 atom stereocenters. The Kier molecular flexibility index (Phi) is 4.91. The Morgan fingerprint density at radius 3 is 2.97 bits per heavy atom. The van der Waals surface area contributed by atoms with Gasteiger partial charge in [0.2, 0.25) is 0 Å². The van der Waals surface area contributed by atoms with E-state index in [0.717, 1.165) is 20.1 Å². The lowest BCUT2D eigenvalue weighted by molar-refractivity contribution is -0.0289. The van der Waals surface area contributed by atoms with Gasteiger partial charge in [0, 0.05) is 5.75 Å². The van der Waals surface area contributed by atoms with Crippen LogP contribution < -0.4 is 5.73 Å². The number of hydrogen-bond donors (Lipinski definition) is 3. The van der Waals surface area contributed by atoms with Crippen LogP contribution in [0.25, 0.3) is 27.5 Å². The third-order valence-corrected chi connectivity index (χ3v) is 7.27. The Morgan fingerprint density at radius 1 is 1.27 bits per heavy atom. The van der Waals surface area contributed by atoms with Crippen molar-refractivity contribution in [3.05, 3.63) is 43.0 Å². The SMILES string of the molecule is C=Cc1ccc2sc(SCC3OC(n4cnc5c(N)ncnc54)[C@H](O)[C@@H]3O)nc2c1. The maximum Gasteiger partial charge on any atom is 0.167 e. The van der Waals surface area contributed by atoms with E-state index in [1.54, 1.807) is 22.0 Å². The summed E-state index contributed by atoms with van der Waals surface area (Å²) >= 11 is 3.06. The fraction of sp³-hybridized carbons (Fsp3) is 0.263. The molecule has 0 radical (unpaired) electrons. The summed E-state index contributed by atoms with van der Waals surface area (Å²) in [6, 6.07) is 6.01. The van der Waals surface area contributed by atoms with Gasteiger partial charge in [-0.2, -0.15) is 0 Å². The topological polar surface area (TPSA) is 132 Å². The highest BCUT2D eigenvalue weighted by Crippen LogP contribution is 2.36. The molecule has 2 unspecified atom stereocenters. The van der Waals surface area contributed by atoms with Gasteiger partial charge in [-0.05, 0) is 17.7 Å². The van der Waals surface area contributed by atoms with E-state index in [-0.39, 0.29) is 5.82 Å². The number of thioether (sulfide) groups is 1. The highest BCUT2D eigenvalue weighted by Gasteiger charge is 2.44. The number of benzene rings is 1. The predicted octanol–water partition coefficient (Wildman–Crippen LogP) is 2.07. The molecule has 4 heterocycles. The van der Waals surface area contributed by atoms with Crippen LogP contribution in [0.1, 0.15) is 11.8 Å². The maximum atomic E-state index is 10.6. The summed E-state index contributed by atoms with van der Waals surface area (Å²) < 4.78 is 9.49. The van der Waals surface area contributed by atoms with Crippen molar-refractivity contribution in [1.29, 1.82) is 0 Å². The molecule has 30 heavy (non-hydrogen) atoms. The molecule has 1 saturated heterocycles. The van der Waals surface area contributed by atoms with Crippen molar-refractivity contribution >= 4 is 56.4 Å². The molecule has 0 spiro atoms. The highest BCUT2D eigenvalue weighted by atomic mass is 32.2. The minimum absolute atomic E-state index is 0.245. The Balaban J connectivity index is 1.33. The van der Waals surface area contributed by atoms with Crippen LogP contribution in [0.5, 0.6) is 0 Å². The number of aromatic nitrogens is 5. The number of ether oxygens (including phenoxy) is 1. The molecular formula is C19H18N6O3S2. The van der Waals surface area contributed by atoms with Gasteiger partial charge >= 0.3 is 0 Å². The zero-order valence-corrected chi connectivity index (χ0v) is 17.3. The standard InChI is InChI=1S/C19H18N6O3S2/c1-2-9-3-4-12-10(5-9)24-19(30-12)29-6-11-14(26)15(27)18(28-11)25-8-23-13-16(20)21-7-22-17(13)25/h2-5,7-8,11,14-15,18,26-27H,1,6H2,(H2,20,21,22)/t11?,14-,15-,18?/m1/s1. The van der Waals surface area contributed by atoms with Crippen molar-refractivity contribution in [1.82, 2.24) is 24.5 Å². The molecule has 0 saturated carbocycles. The molecule has 0 amide bonds. The van der Waals surface area contributed by atoms with Gasteiger partial charge in [0.15, 0.2) is 22.0 Å². The number of anilines is 1. The van der Waals surface area contributed by atoms with Crippen LogP contribution in [-0.2, 0) is 4.74 Å². The maximum absolute atomic E-state index is 10.6. The molecule has 0 aliphatic carbocycles. The number of fused-ring (bicyclic) bond motifs is 2. The van der Waals surface area contributed by atoms with E-state index in [9.17, 15) is 10.2 Å². The van der Waals surface area contributed by atoms with Gasteiger partial charge in [0.05, 0.1) is 22.6 Å². The molecule has 4 N–H and O–H groups in total. The fourth-order valence-corrected chi connectivity index (χ4v) is 5.55. The normalized spacial score (nSPS) is 24.1. The number of nitrogen functional groups attached to an aromatic ring is 1. The summed E-state index contributed by atoms with van der Waals surface area (Å²) in [4.78, 5) is 16.9. The molecule has 1 aromatic carbocycles. The second kappa shape index (κ2) is 7.60. The largest absolute Gasteiger partial charge is 0.387 e. The van der Waals surface area contributed by atoms with E-state index >= 15 is 0 Å². The Morgan fingerprint density at radius 2 is 2.13 bits per heavy atom. The number of rotatable bonds is 5. The lowest BCUT2D eigenvalue weighted by atomic mass is 10.1. The summed E-state index contributed by atoms with van der Waals surface area (Å²) in [5.41, 5.74) is 8.62. The zero-order valence-electron chi connectivity index (χ0n) is 15.6. The van der Waals surface area contributed by atoms with E-state index in [4.69, 9.17) is 10.5 Å². The van der Waals surface area contributed by atoms with Crippen molar-refractivity contribution in [3.63, 3.8) is 0 Å². The van der Waals surface area contributed by atoms with Gasteiger partial charge in [0.25, 0.3) is 0 Å². The summed E-state index contributed by atoms with van der Waals surface area (Å²) in [6.45, 7) is 3.78. The van der Waals surface area contributed by atoms with Crippen molar-refractivity contribution in [2.24, 2.45) is 0 Å². The third-order valence-electron chi connectivity index (χ3n) is 5.00. The average Bonchev–Trinajstić information content (AvgIpc) is 3.43. The monoisotopic (exact) mass is 442 g/mol. The zero-order chi connectivity index (χ0) is 20.8. The predicted molar refractivity (Wildman–Crippen MR) is 116 cm³/mol. The molecule has 0 bridgehead atoms. The number of aliphatic hydroxyl groups is 2. The third kappa shape index (κ3) is 3.24. The lowest BCUT2D eigenvalue weighted by Gasteiger charge is -2.16. The Hall–Kier alpha value is -2.57. The molecule has 154 valence electrons. The van der Waals surface area contributed by atoms with E-state index < -0.39 is 24.5 Å². The van der Waals surface area contributed by atoms with Crippen LogP contribution in [0, 0.1) is 0 Å². The number of aliphatic hydroxyl groups excluding tert-OH is 2. The Bertz CT molecular complexity index is 1240. The number of nitrogens with zero attached hydrogens (tertiary/aromatic N) is 5. The van der Waals surface area contributed by atoms with Crippen LogP contribution in [0.2, 0.25) is 0 Å². The number of hydrogen-bond acceptors (Lipinski definition) is 10. The first-order valence-electron chi connectivity index (χ1n) is 9.15. The molecule has 1 fully saturated rings. The van der Waals surface area contributed by atoms with Crippen LogP contribution in [0.4, 0.5) is 5.82 Å². The minimum atomic E-state index is -1.13. The van der Waals surface area contributed by atoms with Gasteiger partial charge in [-0.15, -0.1) is 11.3 Å². The molecule has 9 nitrogen and oxygen atoms in total. The van der Waals surface area contributed by atoms with E-state index in [1.807, 2.05) is 18.2 Å². The van der Waals surface area contributed by atoms with Gasteiger partial charge < -0.3 is 20.7 Å². The second-order valence-corrected chi connectivity index (χ2v) is 9.15. The van der Waals surface area contributed by atoms with Crippen LogP contribution in [0.3, 0.4) is 0 Å². The summed E-state index contributed by atoms with van der Waals surface area (Å²) in [5, 5.41) is 21.1. The molecule has 1 aliphatic rings. The second-order valence-electron chi connectivity index (χ2n) is 6.85. The van der Waals surface area contributed by atoms with E-state index in [0.29, 0.717) is 16.9 Å². The van der Waals surface area contributed by atoms with Crippen LogP contribution in [0.15, 0.2) is 41.8 Å². The van der Waals surface area contributed by atoms with Crippen molar-refractivity contribution in [3.8, 4) is 0 Å². The molecule has 4 aromatic rings. The van der Waals surface area contributed by atoms with Gasteiger partial charge in [-0.3, -0.25) is 4.57 Å². The van der Waals surface area contributed by atoms with Crippen LogP contribution in [-0.4, -0.2) is 58.8 Å². The summed E-state index contributed by atoms with van der Waals surface area (Å²) in [5.74, 6) is 0.682. The minimum Gasteiger partial charge on any atom is -0.387 e. The smallest absolute Gasteiger partial charge is 0.167 e. The first-order valence-corrected chi connectivity index (χ1v) is 11.0. The molecule has 5 rings (SSSR count). The summed E-state index contributed by atoms with van der Waals surface area (Å²) in [7, 11) is 0. The van der Waals surface area contributed by atoms with Gasteiger partial charge in [-0.1, -0.05) is 30.5 Å². The molecule has 11 heteroatoms. The fourth-order valence-electron chi connectivity index (χ4n) is 3.42. The lowest BCUT2D eigenvalue weighted by Crippen LogP contribution is -2.32. The summed E-state index contributed by atoms with van der Waals surface area (Å²) in [6.07, 6.45) is 1.00. The van der Waals surface area contributed by atoms with Gasteiger partial charge in [-0.25, -0.2) is 19.9 Å². The number of thiazole rings is 1. The van der Waals surface area contributed by atoms with Gasteiger partial charge in [0.1, 0.15) is 24.1 Å². The van der Waals surface area contributed by atoms with Crippen molar-refractivity contribution in [2.45, 2.75) is 28.9 Å². The molecule has 3 aromatic heterocycles. The number of imidazole rings is 1. The molecular weight excluding hydrogens is 424 g/mol. The Labute approximate surface area is 179 Å². The first kappa shape index (κ1) is 19.4. The number of nitrogens with two attached hydrogens (primary N) is 1. The quantitative estimate of drug-likeness (QED) is 0.397. The van der Waals surface area contributed by atoms with Crippen molar-refractivity contribution in [2.75, 3.05) is 11.5 Å². The average molecular weight is 443 g/mol. The van der Waals surface area contributed by atoms with E-state index in [2.05, 4.69) is 26.5 Å². The highest BCUT2D eigenvalue weighted by molar-refractivity contribution is 8.01. The molecule has 1 aliphatic heterocycles.